The zero-order valence-electron chi connectivity index (χ0n) is 10.0. The second-order valence-electron chi connectivity index (χ2n) is 5.70. The fourth-order valence-electron chi connectivity index (χ4n) is 3.26. The molecule has 0 bridgehead atoms. The molecule has 2 nitrogen and oxygen atoms in total. The van der Waals surface area contributed by atoms with Crippen molar-refractivity contribution in [3.8, 4) is 0 Å². The molecule has 2 rings (SSSR count). The molecule has 2 aliphatic rings. The maximum absolute atomic E-state index is 6.00. The van der Waals surface area contributed by atoms with E-state index in [1.54, 1.807) is 0 Å². The molecular formula is C13H26N2. The summed E-state index contributed by atoms with van der Waals surface area (Å²) in [5.41, 5.74) is 6.00. The van der Waals surface area contributed by atoms with Gasteiger partial charge in [-0.25, -0.2) is 0 Å². The molecule has 0 aromatic heterocycles. The summed E-state index contributed by atoms with van der Waals surface area (Å²) >= 11 is 0. The molecule has 0 heterocycles. The third kappa shape index (κ3) is 3.18. The maximum atomic E-state index is 6.00. The van der Waals surface area contributed by atoms with E-state index < -0.39 is 0 Å². The van der Waals surface area contributed by atoms with Crippen LogP contribution in [0, 0.1) is 11.8 Å². The molecule has 0 amide bonds. The van der Waals surface area contributed by atoms with E-state index >= 15 is 0 Å². The van der Waals surface area contributed by atoms with Gasteiger partial charge < -0.3 is 11.1 Å². The highest BCUT2D eigenvalue weighted by Gasteiger charge is 2.25. The van der Waals surface area contributed by atoms with Crippen molar-refractivity contribution in [2.24, 2.45) is 17.6 Å². The van der Waals surface area contributed by atoms with Gasteiger partial charge in [-0.15, -0.1) is 0 Å². The van der Waals surface area contributed by atoms with Gasteiger partial charge in [0, 0.05) is 12.1 Å². The molecule has 0 radical (unpaired) electrons. The van der Waals surface area contributed by atoms with Gasteiger partial charge in [0.2, 0.25) is 0 Å². The zero-order chi connectivity index (χ0) is 10.7. The van der Waals surface area contributed by atoms with Crippen molar-refractivity contribution < 1.29 is 0 Å². The normalized spacial score (nSPS) is 42.0. The van der Waals surface area contributed by atoms with Gasteiger partial charge in [-0.3, -0.25) is 0 Å². The summed E-state index contributed by atoms with van der Waals surface area (Å²) in [5.74, 6) is 1.87. The van der Waals surface area contributed by atoms with Crippen LogP contribution < -0.4 is 11.1 Å². The van der Waals surface area contributed by atoms with Crippen LogP contribution >= 0.6 is 0 Å². The molecule has 2 aliphatic carbocycles. The maximum Gasteiger partial charge on any atom is 0.00819 e. The van der Waals surface area contributed by atoms with Gasteiger partial charge in [0.05, 0.1) is 0 Å². The Kier molecular flexibility index (Phi) is 4.04. The minimum Gasteiger partial charge on any atom is -0.328 e. The second-order valence-corrected chi connectivity index (χ2v) is 5.70. The molecule has 0 aliphatic heterocycles. The van der Waals surface area contributed by atoms with E-state index in [1.807, 2.05) is 0 Å². The number of hydrogen-bond donors (Lipinski definition) is 2. The first-order chi connectivity index (χ1) is 7.25. The molecule has 2 fully saturated rings. The largest absolute Gasteiger partial charge is 0.328 e. The molecular weight excluding hydrogens is 184 g/mol. The van der Waals surface area contributed by atoms with E-state index in [0.717, 1.165) is 11.8 Å². The number of rotatable bonds is 3. The van der Waals surface area contributed by atoms with Crippen molar-refractivity contribution in [2.45, 2.75) is 64.0 Å². The lowest BCUT2D eigenvalue weighted by molar-refractivity contribution is 0.303. The average molecular weight is 210 g/mol. The Morgan fingerprint density at radius 3 is 2.60 bits per heavy atom. The van der Waals surface area contributed by atoms with E-state index in [9.17, 15) is 0 Å². The fraction of sp³-hybridized carbons (Fsp3) is 1.00. The molecule has 0 saturated heterocycles. The van der Waals surface area contributed by atoms with Gasteiger partial charge in [-0.1, -0.05) is 26.2 Å². The lowest BCUT2D eigenvalue weighted by atomic mass is 9.90. The van der Waals surface area contributed by atoms with E-state index in [2.05, 4.69) is 12.2 Å². The molecule has 2 heteroatoms. The quantitative estimate of drug-likeness (QED) is 0.750. The number of hydrogen-bond acceptors (Lipinski definition) is 2. The number of nitrogens with one attached hydrogen (secondary N) is 1. The summed E-state index contributed by atoms with van der Waals surface area (Å²) in [6.07, 6.45) is 9.41. The second kappa shape index (κ2) is 5.31. The van der Waals surface area contributed by atoms with E-state index in [-0.39, 0.29) is 0 Å². The van der Waals surface area contributed by atoms with Gasteiger partial charge in [0.25, 0.3) is 0 Å². The van der Waals surface area contributed by atoms with E-state index in [0.29, 0.717) is 12.1 Å². The van der Waals surface area contributed by atoms with Gasteiger partial charge in [-0.2, -0.15) is 0 Å². The van der Waals surface area contributed by atoms with E-state index in [4.69, 9.17) is 5.73 Å². The fourth-order valence-corrected chi connectivity index (χ4v) is 3.26. The zero-order valence-corrected chi connectivity index (χ0v) is 10.0. The standard InChI is InChI=1S/C13H26N2/c1-10-4-2-5-11(10)9-15-13-7-3-6-12(14)8-13/h10-13,15H,2-9,14H2,1H3. The Balaban J connectivity index is 1.68. The third-order valence-electron chi connectivity index (χ3n) is 4.42. The molecule has 4 unspecified atom stereocenters. The van der Waals surface area contributed by atoms with Crippen LogP contribution in [0.5, 0.6) is 0 Å². The monoisotopic (exact) mass is 210 g/mol. The Labute approximate surface area is 94.0 Å². The van der Waals surface area contributed by atoms with Crippen LogP contribution in [0.2, 0.25) is 0 Å². The lowest BCUT2D eigenvalue weighted by Gasteiger charge is -2.29. The highest BCUT2D eigenvalue weighted by Crippen LogP contribution is 2.30. The lowest BCUT2D eigenvalue weighted by Crippen LogP contribution is -2.41. The minimum atomic E-state index is 0.456. The highest BCUT2D eigenvalue weighted by atomic mass is 14.9. The summed E-state index contributed by atoms with van der Waals surface area (Å²) in [7, 11) is 0. The van der Waals surface area contributed by atoms with Crippen LogP contribution in [0.1, 0.15) is 51.9 Å². The first-order valence-corrected chi connectivity index (χ1v) is 6.74. The molecule has 0 aromatic carbocycles. The summed E-state index contributed by atoms with van der Waals surface area (Å²) in [5, 5.41) is 3.74. The molecule has 4 atom stereocenters. The van der Waals surface area contributed by atoms with Gasteiger partial charge in [-0.05, 0) is 44.1 Å². The minimum absolute atomic E-state index is 0.456. The summed E-state index contributed by atoms with van der Waals surface area (Å²) in [4.78, 5) is 0. The van der Waals surface area contributed by atoms with Gasteiger partial charge in [0.15, 0.2) is 0 Å². The van der Waals surface area contributed by atoms with Crippen molar-refractivity contribution in [3.05, 3.63) is 0 Å². The average Bonchev–Trinajstić information content (AvgIpc) is 2.61. The SMILES string of the molecule is CC1CCCC1CNC1CCCC(N)C1. The van der Waals surface area contributed by atoms with Crippen molar-refractivity contribution in [1.29, 1.82) is 0 Å². The summed E-state index contributed by atoms with van der Waals surface area (Å²) in [6.45, 7) is 3.64. The molecule has 15 heavy (non-hydrogen) atoms. The van der Waals surface area contributed by atoms with E-state index in [1.165, 1.54) is 51.5 Å². The summed E-state index contributed by atoms with van der Waals surface area (Å²) < 4.78 is 0. The van der Waals surface area contributed by atoms with Crippen LogP contribution in [-0.2, 0) is 0 Å². The van der Waals surface area contributed by atoms with Crippen LogP contribution in [0.15, 0.2) is 0 Å². The predicted molar refractivity (Wildman–Crippen MR) is 64.7 cm³/mol. The smallest absolute Gasteiger partial charge is 0.00819 e. The molecule has 3 N–H and O–H groups in total. The Morgan fingerprint density at radius 1 is 1.13 bits per heavy atom. The topological polar surface area (TPSA) is 38.0 Å². The van der Waals surface area contributed by atoms with Crippen molar-refractivity contribution in [1.82, 2.24) is 5.32 Å². The van der Waals surface area contributed by atoms with Crippen molar-refractivity contribution in [3.63, 3.8) is 0 Å². The molecule has 88 valence electrons. The van der Waals surface area contributed by atoms with Crippen LogP contribution in [0.4, 0.5) is 0 Å². The van der Waals surface area contributed by atoms with Gasteiger partial charge >= 0.3 is 0 Å². The Bertz CT molecular complexity index is 193. The van der Waals surface area contributed by atoms with Gasteiger partial charge in [0.1, 0.15) is 0 Å². The Hall–Kier alpha value is -0.0800. The molecule has 2 saturated carbocycles. The van der Waals surface area contributed by atoms with Crippen LogP contribution in [0.3, 0.4) is 0 Å². The van der Waals surface area contributed by atoms with Crippen LogP contribution in [-0.4, -0.2) is 18.6 Å². The number of nitrogens with two attached hydrogens (primary N) is 1. The van der Waals surface area contributed by atoms with Crippen molar-refractivity contribution in [2.75, 3.05) is 6.54 Å². The summed E-state index contributed by atoms with van der Waals surface area (Å²) in [6, 6.07) is 1.17. The first kappa shape index (κ1) is 11.4. The van der Waals surface area contributed by atoms with Crippen LogP contribution in [0.25, 0.3) is 0 Å². The van der Waals surface area contributed by atoms with Crippen molar-refractivity contribution >= 4 is 0 Å². The molecule has 0 spiro atoms. The Morgan fingerprint density at radius 2 is 1.93 bits per heavy atom. The predicted octanol–water partition coefficient (Wildman–Crippen LogP) is 2.28. The molecule has 0 aromatic rings. The highest BCUT2D eigenvalue weighted by molar-refractivity contribution is 4.82. The third-order valence-corrected chi connectivity index (χ3v) is 4.42. The first-order valence-electron chi connectivity index (χ1n) is 6.74.